The predicted octanol–water partition coefficient (Wildman–Crippen LogP) is 1.08. The van der Waals surface area contributed by atoms with Crippen LogP contribution < -0.4 is 5.73 Å². The van der Waals surface area contributed by atoms with Gasteiger partial charge >= 0.3 is 0 Å². The Morgan fingerprint density at radius 2 is 2.24 bits per heavy atom. The summed E-state index contributed by atoms with van der Waals surface area (Å²) in [6.07, 6.45) is 5.75. The van der Waals surface area contributed by atoms with Crippen molar-refractivity contribution in [2.45, 2.75) is 25.3 Å². The normalized spacial score (nSPS) is 17.7. The Hall–Kier alpha value is -1.46. The van der Waals surface area contributed by atoms with Crippen LogP contribution in [-0.2, 0) is 11.3 Å². The molecule has 1 aliphatic rings. The van der Waals surface area contributed by atoms with Gasteiger partial charge in [-0.15, -0.1) is 0 Å². The van der Waals surface area contributed by atoms with Gasteiger partial charge in [-0.05, 0) is 18.9 Å². The smallest absolute Gasteiger partial charge is 0.159 e. The highest BCUT2D eigenvalue weighted by atomic mass is 16.5. The molecule has 1 saturated heterocycles. The van der Waals surface area contributed by atoms with Crippen molar-refractivity contribution < 1.29 is 4.74 Å². The fourth-order valence-electron chi connectivity index (χ4n) is 2.45. The summed E-state index contributed by atoms with van der Waals surface area (Å²) in [5.74, 6) is 0.462. The SMILES string of the molecule is NCc1c(C2CCOCC2)nn2cccnc12. The van der Waals surface area contributed by atoms with Gasteiger partial charge < -0.3 is 10.5 Å². The van der Waals surface area contributed by atoms with Crippen molar-refractivity contribution in [3.63, 3.8) is 0 Å². The zero-order chi connectivity index (χ0) is 11.7. The second-order valence-corrected chi connectivity index (χ2v) is 4.34. The van der Waals surface area contributed by atoms with Crippen molar-refractivity contribution >= 4 is 5.65 Å². The average Bonchev–Trinajstić information content (AvgIpc) is 2.78. The Balaban J connectivity index is 2.08. The molecule has 2 aromatic rings. The lowest BCUT2D eigenvalue weighted by Gasteiger charge is -2.20. The first-order valence-electron chi connectivity index (χ1n) is 6.00. The maximum Gasteiger partial charge on any atom is 0.159 e. The van der Waals surface area contributed by atoms with Crippen molar-refractivity contribution in [1.29, 1.82) is 0 Å². The monoisotopic (exact) mass is 232 g/mol. The van der Waals surface area contributed by atoms with E-state index < -0.39 is 0 Å². The van der Waals surface area contributed by atoms with E-state index in [-0.39, 0.29) is 0 Å². The van der Waals surface area contributed by atoms with Crippen LogP contribution in [0, 0.1) is 0 Å². The fraction of sp³-hybridized carbons (Fsp3) is 0.500. The highest BCUT2D eigenvalue weighted by Crippen LogP contribution is 2.29. The molecule has 0 spiro atoms. The third-order valence-electron chi connectivity index (χ3n) is 3.33. The quantitative estimate of drug-likeness (QED) is 0.841. The number of fused-ring (bicyclic) bond motifs is 1. The third-order valence-corrected chi connectivity index (χ3v) is 3.33. The Bertz CT molecular complexity index is 516. The van der Waals surface area contributed by atoms with Gasteiger partial charge in [0.1, 0.15) is 0 Å². The Kier molecular flexibility index (Phi) is 2.78. The van der Waals surface area contributed by atoms with E-state index in [1.165, 1.54) is 0 Å². The molecule has 2 aromatic heterocycles. The number of rotatable bonds is 2. The molecule has 0 unspecified atom stereocenters. The van der Waals surface area contributed by atoms with Crippen molar-refractivity contribution in [2.24, 2.45) is 5.73 Å². The molecule has 5 nitrogen and oxygen atoms in total. The molecule has 2 N–H and O–H groups in total. The molecular formula is C12H16N4O. The standard InChI is InChI=1S/C12H16N4O/c13-8-10-11(9-2-6-17-7-3-9)15-16-5-1-4-14-12(10)16/h1,4-5,9H,2-3,6-8,13H2. The Morgan fingerprint density at radius 3 is 3.00 bits per heavy atom. The first kappa shape index (κ1) is 10.7. The van der Waals surface area contributed by atoms with Gasteiger partial charge in [-0.25, -0.2) is 9.50 Å². The summed E-state index contributed by atoms with van der Waals surface area (Å²) in [6, 6.07) is 1.88. The molecule has 0 aliphatic carbocycles. The molecule has 3 heterocycles. The van der Waals surface area contributed by atoms with Crippen LogP contribution in [0.1, 0.15) is 30.0 Å². The zero-order valence-electron chi connectivity index (χ0n) is 9.67. The van der Waals surface area contributed by atoms with Crippen LogP contribution in [-0.4, -0.2) is 27.8 Å². The molecule has 0 amide bonds. The van der Waals surface area contributed by atoms with E-state index in [1.54, 1.807) is 6.20 Å². The number of ether oxygens (including phenoxy) is 1. The molecular weight excluding hydrogens is 216 g/mol. The van der Waals surface area contributed by atoms with Crippen LogP contribution in [0.15, 0.2) is 18.5 Å². The van der Waals surface area contributed by atoms with Crippen LogP contribution in [0.4, 0.5) is 0 Å². The summed E-state index contributed by atoms with van der Waals surface area (Å²) in [6.45, 7) is 2.12. The minimum absolute atomic E-state index is 0.462. The largest absolute Gasteiger partial charge is 0.381 e. The molecule has 0 atom stereocenters. The molecule has 90 valence electrons. The highest BCUT2D eigenvalue weighted by Gasteiger charge is 2.23. The summed E-state index contributed by atoms with van der Waals surface area (Å²) in [5, 5.41) is 4.63. The van der Waals surface area contributed by atoms with Gasteiger partial charge in [-0.2, -0.15) is 5.10 Å². The van der Waals surface area contributed by atoms with E-state index in [0.717, 1.165) is 43.0 Å². The van der Waals surface area contributed by atoms with Gasteiger partial charge in [0.2, 0.25) is 0 Å². The minimum atomic E-state index is 0.462. The lowest BCUT2D eigenvalue weighted by atomic mass is 9.94. The molecule has 0 aromatic carbocycles. The topological polar surface area (TPSA) is 65.4 Å². The Labute approximate surface area is 99.6 Å². The van der Waals surface area contributed by atoms with Crippen LogP contribution in [0.5, 0.6) is 0 Å². The number of nitrogens with two attached hydrogens (primary N) is 1. The summed E-state index contributed by atoms with van der Waals surface area (Å²) in [7, 11) is 0. The number of hydrogen-bond acceptors (Lipinski definition) is 4. The van der Waals surface area contributed by atoms with E-state index in [2.05, 4.69) is 10.1 Å². The molecule has 1 aliphatic heterocycles. The van der Waals surface area contributed by atoms with Gasteiger partial charge in [0.15, 0.2) is 5.65 Å². The summed E-state index contributed by atoms with van der Waals surface area (Å²) in [4.78, 5) is 4.36. The Morgan fingerprint density at radius 1 is 1.41 bits per heavy atom. The highest BCUT2D eigenvalue weighted by molar-refractivity contribution is 5.50. The second-order valence-electron chi connectivity index (χ2n) is 4.34. The third kappa shape index (κ3) is 1.81. The van der Waals surface area contributed by atoms with E-state index in [9.17, 15) is 0 Å². The van der Waals surface area contributed by atoms with E-state index in [4.69, 9.17) is 10.5 Å². The zero-order valence-corrected chi connectivity index (χ0v) is 9.67. The molecule has 17 heavy (non-hydrogen) atoms. The van der Waals surface area contributed by atoms with Crippen LogP contribution >= 0.6 is 0 Å². The van der Waals surface area contributed by atoms with Crippen molar-refractivity contribution in [3.05, 3.63) is 29.7 Å². The number of hydrogen-bond donors (Lipinski definition) is 1. The van der Waals surface area contributed by atoms with Crippen molar-refractivity contribution in [3.8, 4) is 0 Å². The van der Waals surface area contributed by atoms with Crippen molar-refractivity contribution in [1.82, 2.24) is 14.6 Å². The van der Waals surface area contributed by atoms with E-state index in [1.807, 2.05) is 16.8 Å². The fourth-order valence-corrected chi connectivity index (χ4v) is 2.45. The van der Waals surface area contributed by atoms with E-state index in [0.29, 0.717) is 12.5 Å². The maximum absolute atomic E-state index is 5.84. The molecule has 3 rings (SSSR count). The van der Waals surface area contributed by atoms with Crippen LogP contribution in [0.2, 0.25) is 0 Å². The van der Waals surface area contributed by atoms with Gasteiger partial charge in [0.25, 0.3) is 0 Å². The van der Waals surface area contributed by atoms with Gasteiger partial charge in [-0.1, -0.05) is 0 Å². The summed E-state index contributed by atoms with van der Waals surface area (Å²) in [5.41, 5.74) is 8.92. The molecule has 0 saturated carbocycles. The minimum Gasteiger partial charge on any atom is -0.381 e. The maximum atomic E-state index is 5.84. The molecule has 0 radical (unpaired) electrons. The first-order valence-corrected chi connectivity index (χ1v) is 6.00. The molecule has 1 fully saturated rings. The second kappa shape index (κ2) is 4.43. The van der Waals surface area contributed by atoms with Crippen molar-refractivity contribution in [2.75, 3.05) is 13.2 Å². The van der Waals surface area contributed by atoms with Crippen LogP contribution in [0.25, 0.3) is 5.65 Å². The number of nitrogens with zero attached hydrogens (tertiary/aromatic N) is 3. The summed E-state index contributed by atoms with van der Waals surface area (Å²) >= 11 is 0. The molecule has 5 heteroatoms. The van der Waals surface area contributed by atoms with Gasteiger partial charge in [0, 0.05) is 43.6 Å². The summed E-state index contributed by atoms with van der Waals surface area (Å²) < 4.78 is 7.21. The number of aromatic nitrogens is 3. The average molecular weight is 232 g/mol. The molecule has 0 bridgehead atoms. The van der Waals surface area contributed by atoms with Crippen LogP contribution in [0.3, 0.4) is 0 Å². The van der Waals surface area contributed by atoms with Gasteiger partial charge in [0.05, 0.1) is 5.69 Å². The lowest BCUT2D eigenvalue weighted by molar-refractivity contribution is 0.0843. The first-order chi connectivity index (χ1) is 8.40. The van der Waals surface area contributed by atoms with Gasteiger partial charge in [-0.3, -0.25) is 0 Å². The lowest BCUT2D eigenvalue weighted by Crippen LogP contribution is -2.16. The van der Waals surface area contributed by atoms with E-state index >= 15 is 0 Å². The predicted molar refractivity (Wildman–Crippen MR) is 63.7 cm³/mol.